The molecule has 0 heterocycles. The van der Waals surface area contributed by atoms with Crippen molar-refractivity contribution in [2.75, 3.05) is 32.1 Å². The molecule has 1 aromatic rings. The van der Waals surface area contributed by atoms with Gasteiger partial charge in [-0.1, -0.05) is 33.1 Å². The Morgan fingerprint density at radius 1 is 1.07 bits per heavy atom. The number of anilines is 1. The van der Waals surface area contributed by atoms with Crippen LogP contribution in [0.3, 0.4) is 0 Å². The van der Waals surface area contributed by atoms with Crippen LogP contribution in [0.25, 0.3) is 0 Å². The largest absolute Gasteiger partial charge is 0.497 e. The van der Waals surface area contributed by atoms with Crippen molar-refractivity contribution < 1.29 is 19.1 Å². The zero-order valence-electron chi connectivity index (χ0n) is 17.7. The molecule has 1 saturated carbocycles. The van der Waals surface area contributed by atoms with E-state index in [1.54, 1.807) is 36.3 Å². The molecule has 1 fully saturated rings. The van der Waals surface area contributed by atoms with Crippen LogP contribution in [0.1, 0.15) is 46.0 Å². The Labute approximate surface area is 173 Å². The van der Waals surface area contributed by atoms with E-state index in [1.165, 1.54) is 6.42 Å². The van der Waals surface area contributed by atoms with Crippen LogP contribution in [0.5, 0.6) is 5.75 Å². The Morgan fingerprint density at radius 2 is 1.72 bits per heavy atom. The van der Waals surface area contributed by atoms with Gasteiger partial charge in [-0.2, -0.15) is 0 Å². The van der Waals surface area contributed by atoms with Gasteiger partial charge in [-0.15, -0.1) is 0 Å². The molecule has 160 valence electrons. The smallest absolute Gasteiger partial charge is 0.243 e. The summed E-state index contributed by atoms with van der Waals surface area (Å²) in [5.41, 5.74) is 0.624. The van der Waals surface area contributed by atoms with E-state index in [1.807, 2.05) is 13.8 Å². The molecule has 3 amide bonds. The summed E-state index contributed by atoms with van der Waals surface area (Å²) >= 11 is 0. The summed E-state index contributed by atoms with van der Waals surface area (Å²) in [6.45, 7) is 4.45. The Kier molecular flexibility index (Phi) is 8.96. The van der Waals surface area contributed by atoms with Gasteiger partial charge in [0.15, 0.2) is 0 Å². The topological polar surface area (TPSA) is 87.7 Å². The van der Waals surface area contributed by atoms with Crippen LogP contribution in [-0.4, -0.2) is 49.4 Å². The van der Waals surface area contributed by atoms with Crippen LogP contribution >= 0.6 is 0 Å². The first-order chi connectivity index (χ1) is 13.9. The minimum absolute atomic E-state index is 0.0106. The average molecular weight is 404 g/mol. The van der Waals surface area contributed by atoms with Gasteiger partial charge in [0.2, 0.25) is 17.7 Å². The van der Waals surface area contributed by atoms with Crippen LogP contribution in [-0.2, 0) is 14.4 Å². The van der Waals surface area contributed by atoms with E-state index in [0.717, 1.165) is 25.7 Å². The van der Waals surface area contributed by atoms with E-state index >= 15 is 0 Å². The number of nitrogens with one attached hydrogen (secondary N) is 2. The van der Waals surface area contributed by atoms with Gasteiger partial charge in [0, 0.05) is 18.2 Å². The van der Waals surface area contributed by atoms with E-state index in [4.69, 9.17) is 4.74 Å². The molecule has 0 aliphatic heterocycles. The Balaban J connectivity index is 1.83. The van der Waals surface area contributed by atoms with Gasteiger partial charge in [-0.3, -0.25) is 14.4 Å². The van der Waals surface area contributed by atoms with Crippen LogP contribution < -0.4 is 15.4 Å². The lowest BCUT2D eigenvalue weighted by Crippen LogP contribution is -2.46. The molecular weight excluding hydrogens is 370 g/mol. The number of ether oxygens (including phenoxy) is 1. The molecule has 2 rings (SSSR count). The lowest BCUT2D eigenvalue weighted by molar-refractivity contribution is -0.140. The molecule has 0 spiro atoms. The molecule has 0 unspecified atom stereocenters. The molecule has 7 heteroatoms. The van der Waals surface area contributed by atoms with Crippen molar-refractivity contribution in [2.24, 2.45) is 11.8 Å². The maximum atomic E-state index is 12.9. The third-order valence-corrected chi connectivity index (χ3v) is 5.01. The summed E-state index contributed by atoms with van der Waals surface area (Å²) in [7, 11) is 1.57. The normalized spacial score (nSPS) is 14.3. The first kappa shape index (κ1) is 22.7. The minimum Gasteiger partial charge on any atom is -0.497 e. The fraction of sp³-hybridized carbons (Fsp3) is 0.591. The van der Waals surface area contributed by atoms with Crippen LogP contribution in [0.15, 0.2) is 24.3 Å². The number of carbonyl (C=O) groups excluding carboxylic acids is 3. The Morgan fingerprint density at radius 3 is 2.31 bits per heavy atom. The molecule has 1 aliphatic rings. The standard InChI is InChI=1S/C22H33N3O4/c1-16(2)14-25(22(28)17-7-5-4-6-8-17)15-21(27)23-13-20(26)24-18-9-11-19(29-3)12-10-18/h9-12,16-17H,4-8,13-15H2,1-3H3,(H,23,27)(H,24,26). The van der Waals surface area contributed by atoms with Crippen LogP contribution in [0, 0.1) is 11.8 Å². The molecule has 2 N–H and O–H groups in total. The van der Waals surface area contributed by atoms with Gasteiger partial charge in [-0.05, 0) is 43.0 Å². The molecule has 1 aliphatic carbocycles. The summed E-state index contributed by atoms with van der Waals surface area (Å²) in [6, 6.07) is 6.95. The summed E-state index contributed by atoms with van der Waals surface area (Å²) in [5.74, 6) is 0.417. The molecule has 0 radical (unpaired) electrons. The monoisotopic (exact) mass is 403 g/mol. The van der Waals surface area contributed by atoms with Gasteiger partial charge in [0.1, 0.15) is 5.75 Å². The lowest BCUT2D eigenvalue weighted by Gasteiger charge is -2.30. The van der Waals surface area contributed by atoms with Crippen LogP contribution in [0.2, 0.25) is 0 Å². The van der Waals surface area contributed by atoms with Crippen molar-refractivity contribution in [1.29, 1.82) is 0 Å². The molecule has 0 aromatic heterocycles. The highest BCUT2D eigenvalue weighted by atomic mass is 16.5. The summed E-state index contributed by atoms with van der Waals surface area (Å²) in [6.07, 6.45) is 5.13. The Bertz CT molecular complexity index is 682. The molecule has 0 bridgehead atoms. The summed E-state index contributed by atoms with van der Waals surface area (Å²) in [4.78, 5) is 38.9. The third kappa shape index (κ3) is 7.75. The van der Waals surface area contributed by atoms with Gasteiger partial charge in [0.25, 0.3) is 0 Å². The quantitative estimate of drug-likeness (QED) is 0.664. The van der Waals surface area contributed by atoms with Crippen molar-refractivity contribution in [3.63, 3.8) is 0 Å². The van der Waals surface area contributed by atoms with Crippen molar-refractivity contribution in [2.45, 2.75) is 46.0 Å². The highest BCUT2D eigenvalue weighted by molar-refractivity contribution is 5.95. The zero-order valence-corrected chi connectivity index (χ0v) is 17.7. The highest BCUT2D eigenvalue weighted by Gasteiger charge is 2.27. The predicted octanol–water partition coefficient (Wildman–Crippen LogP) is 2.81. The lowest BCUT2D eigenvalue weighted by atomic mass is 9.88. The molecule has 1 aromatic carbocycles. The third-order valence-electron chi connectivity index (χ3n) is 5.01. The van der Waals surface area contributed by atoms with E-state index in [9.17, 15) is 14.4 Å². The second kappa shape index (κ2) is 11.4. The van der Waals surface area contributed by atoms with Gasteiger partial charge < -0.3 is 20.3 Å². The number of benzene rings is 1. The zero-order chi connectivity index (χ0) is 21.2. The predicted molar refractivity (Wildman–Crippen MR) is 113 cm³/mol. The van der Waals surface area contributed by atoms with Crippen molar-refractivity contribution in [3.05, 3.63) is 24.3 Å². The minimum atomic E-state index is -0.322. The molecule has 7 nitrogen and oxygen atoms in total. The highest BCUT2D eigenvalue weighted by Crippen LogP contribution is 2.25. The molecular formula is C22H33N3O4. The van der Waals surface area contributed by atoms with E-state index < -0.39 is 0 Å². The van der Waals surface area contributed by atoms with Gasteiger partial charge >= 0.3 is 0 Å². The summed E-state index contributed by atoms with van der Waals surface area (Å²) in [5, 5.41) is 5.34. The average Bonchev–Trinajstić information content (AvgIpc) is 2.72. The number of amides is 3. The molecule has 29 heavy (non-hydrogen) atoms. The first-order valence-electron chi connectivity index (χ1n) is 10.4. The Hall–Kier alpha value is -2.57. The van der Waals surface area contributed by atoms with Gasteiger partial charge in [-0.25, -0.2) is 0 Å². The summed E-state index contributed by atoms with van der Waals surface area (Å²) < 4.78 is 5.08. The first-order valence-corrected chi connectivity index (χ1v) is 10.4. The fourth-order valence-electron chi connectivity index (χ4n) is 3.57. The number of rotatable bonds is 9. The fourth-order valence-corrected chi connectivity index (χ4v) is 3.57. The second-order valence-corrected chi connectivity index (χ2v) is 8.00. The van der Waals surface area contributed by atoms with Crippen molar-refractivity contribution in [3.8, 4) is 5.75 Å². The van der Waals surface area contributed by atoms with E-state index in [2.05, 4.69) is 10.6 Å². The van der Waals surface area contributed by atoms with Crippen molar-refractivity contribution >= 4 is 23.4 Å². The second-order valence-electron chi connectivity index (χ2n) is 8.00. The number of methoxy groups -OCH3 is 1. The van der Waals surface area contributed by atoms with Gasteiger partial charge in [0.05, 0.1) is 20.2 Å². The maximum absolute atomic E-state index is 12.9. The number of nitrogens with zero attached hydrogens (tertiary/aromatic N) is 1. The number of carbonyl (C=O) groups is 3. The molecule has 0 atom stereocenters. The number of hydrogen-bond donors (Lipinski definition) is 2. The van der Waals surface area contributed by atoms with E-state index in [-0.39, 0.29) is 42.6 Å². The van der Waals surface area contributed by atoms with E-state index in [0.29, 0.717) is 18.0 Å². The number of hydrogen-bond acceptors (Lipinski definition) is 4. The van der Waals surface area contributed by atoms with Crippen molar-refractivity contribution in [1.82, 2.24) is 10.2 Å². The molecule has 0 saturated heterocycles. The SMILES string of the molecule is COc1ccc(NC(=O)CNC(=O)CN(CC(C)C)C(=O)C2CCCCC2)cc1. The maximum Gasteiger partial charge on any atom is 0.243 e. The van der Waals surface area contributed by atoms with Crippen LogP contribution in [0.4, 0.5) is 5.69 Å².